The normalized spacial score (nSPS) is 21.5. The molecule has 4 heteroatoms. The van der Waals surface area contributed by atoms with Crippen LogP contribution < -0.4 is 10.6 Å². The highest BCUT2D eigenvalue weighted by Gasteiger charge is 2.38. The molecule has 0 radical (unpaired) electrons. The minimum absolute atomic E-state index is 0.145. The molecule has 19 heavy (non-hydrogen) atoms. The second-order valence-corrected chi connectivity index (χ2v) is 7.32. The predicted octanol–water partition coefficient (Wildman–Crippen LogP) is 3.30. The molecule has 0 unspecified atom stereocenters. The van der Waals surface area contributed by atoms with Crippen LogP contribution in [0.2, 0.25) is 0 Å². The summed E-state index contributed by atoms with van der Waals surface area (Å²) in [5, 5.41) is 0. The fraction of sp³-hybridized carbons (Fsp3) is 0.600. The Balaban J connectivity index is 2.31. The predicted molar refractivity (Wildman–Crippen MR) is 83.5 cm³/mol. The van der Waals surface area contributed by atoms with Crippen LogP contribution in [-0.4, -0.2) is 24.3 Å². The van der Waals surface area contributed by atoms with Crippen molar-refractivity contribution < 1.29 is 4.74 Å². The van der Waals surface area contributed by atoms with Crippen molar-refractivity contribution in [2.45, 2.75) is 45.4 Å². The standard InChI is InChI=1S/C15H23BrN2O/c1-14(2)9-18(10-15(3,4)19-14)13-6-5-11(8-17)7-12(13)16/h5-7H,8-10,17H2,1-4H3. The average molecular weight is 327 g/mol. The lowest BCUT2D eigenvalue weighted by atomic mass is 9.98. The summed E-state index contributed by atoms with van der Waals surface area (Å²) in [5.41, 5.74) is 7.74. The molecule has 2 N–H and O–H groups in total. The first-order valence-electron chi connectivity index (χ1n) is 6.66. The molecule has 0 saturated carbocycles. The zero-order valence-corrected chi connectivity index (χ0v) is 13.8. The van der Waals surface area contributed by atoms with Crippen molar-refractivity contribution in [3.63, 3.8) is 0 Å². The third kappa shape index (κ3) is 3.50. The largest absolute Gasteiger partial charge is 0.366 e. The molecule has 0 atom stereocenters. The number of rotatable bonds is 2. The van der Waals surface area contributed by atoms with E-state index in [0.717, 1.165) is 23.1 Å². The van der Waals surface area contributed by atoms with Crippen LogP contribution in [-0.2, 0) is 11.3 Å². The lowest BCUT2D eigenvalue weighted by Crippen LogP contribution is -2.57. The second-order valence-electron chi connectivity index (χ2n) is 6.47. The van der Waals surface area contributed by atoms with Gasteiger partial charge in [0.2, 0.25) is 0 Å². The summed E-state index contributed by atoms with van der Waals surface area (Å²) in [5.74, 6) is 0. The van der Waals surface area contributed by atoms with E-state index < -0.39 is 0 Å². The molecular weight excluding hydrogens is 304 g/mol. The monoisotopic (exact) mass is 326 g/mol. The summed E-state index contributed by atoms with van der Waals surface area (Å²) in [6.07, 6.45) is 0. The Kier molecular flexibility index (Phi) is 3.96. The van der Waals surface area contributed by atoms with Crippen LogP contribution in [0.25, 0.3) is 0 Å². The molecule has 0 spiro atoms. The maximum absolute atomic E-state index is 6.12. The molecule has 1 heterocycles. The SMILES string of the molecule is CC1(C)CN(c2ccc(CN)cc2Br)CC(C)(C)O1. The molecule has 0 bridgehead atoms. The van der Waals surface area contributed by atoms with Crippen molar-refractivity contribution in [2.75, 3.05) is 18.0 Å². The number of ether oxygens (including phenoxy) is 1. The molecule has 1 fully saturated rings. The molecule has 2 rings (SSSR count). The number of nitrogens with two attached hydrogens (primary N) is 1. The molecule has 1 aromatic rings. The quantitative estimate of drug-likeness (QED) is 0.906. The highest BCUT2D eigenvalue weighted by Crippen LogP contribution is 2.35. The molecule has 1 saturated heterocycles. The highest BCUT2D eigenvalue weighted by atomic mass is 79.9. The van der Waals surface area contributed by atoms with Gasteiger partial charge in [0.25, 0.3) is 0 Å². The second kappa shape index (κ2) is 5.08. The Bertz CT molecular complexity index is 455. The Hall–Kier alpha value is -0.580. The molecule has 1 aliphatic heterocycles. The summed E-state index contributed by atoms with van der Waals surface area (Å²) in [6.45, 7) is 10.9. The van der Waals surface area contributed by atoms with Gasteiger partial charge in [0.1, 0.15) is 0 Å². The van der Waals surface area contributed by atoms with Gasteiger partial charge in [0, 0.05) is 24.1 Å². The molecule has 3 nitrogen and oxygen atoms in total. The number of morpholine rings is 1. The Morgan fingerprint density at radius 2 is 1.79 bits per heavy atom. The van der Waals surface area contributed by atoms with Crippen LogP contribution in [0.4, 0.5) is 5.69 Å². The van der Waals surface area contributed by atoms with E-state index in [9.17, 15) is 0 Å². The molecule has 1 aliphatic rings. The maximum Gasteiger partial charge on any atom is 0.0808 e. The smallest absolute Gasteiger partial charge is 0.0808 e. The highest BCUT2D eigenvalue weighted by molar-refractivity contribution is 9.10. The van der Waals surface area contributed by atoms with Gasteiger partial charge >= 0.3 is 0 Å². The zero-order chi connectivity index (χ0) is 14.3. The van der Waals surface area contributed by atoms with Crippen LogP contribution >= 0.6 is 15.9 Å². The molecule has 0 aliphatic carbocycles. The number of hydrogen-bond acceptors (Lipinski definition) is 3. The first-order chi connectivity index (χ1) is 8.72. The first kappa shape index (κ1) is 14.8. The van der Waals surface area contributed by atoms with Crippen LogP contribution in [0, 0.1) is 0 Å². The minimum atomic E-state index is -0.145. The van der Waals surface area contributed by atoms with E-state index in [-0.39, 0.29) is 11.2 Å². The van der Waals surface area contributed by atoms with Crippen molar-refractivity contribution in [1.29, 1.82) is 0 Å². The summed E-state index contributed by atoms with van der Waals surface area (Å²) >= 11 is 3.66. The van der Waals surface area contributed by atoms with E-state index in [1.807, 2.05) is 0 Å². The third-order valence-electron chi connectivity index (χ3n) is 3.28. The topological polar surface area (TPSA) is 38.5 Å². The van der Waals surface area contributed by atoms with Crippen LogP contribution in [0.1, 0.15) is 33.3 Å². The van der Waals surface area contributed by atoms with Crippen LogP contribution in [0.5, 0.6) is 0 Å². The van der Waals surface area contributed by atoms with Gasteiger partial charge in [-0.2, -0.15) is 0 Å². The minimum Gasteiger partial charge on any atom is -0.366 e. The Morgan fingerprint density at radius 1 is 1.21 bits per heavy atom. The van der Waals surface area contributed by atoms with E-state index in [0.29, 0.717) is 6.54 Å². The molecule has 1 aromatic carbocycles. The van der Waals surface area contributed by atoms with Gasteiger partial charge in [0.15, 0.2) is 0 Å². The fourth-order valence-corrected chi connectivity index (χ4v) is 3.57. The lowest BCUT2D eigenvalue weighted by Gasteiger charge is -2.48. The summed E-state index contributed by atoms with van der Waals surface area (Å²) in [4.78, 5) is 2.38. The van der Waals surface area contributed by atoms with Crippen molar-refractivity contribution in [1.82, 2.24) is 0 Å². The van der Waals surface area contributed by atoms with E-state index in [2.05, 4.69) is 66.7 Å². The summed E-state index contributed by atoms with van der Waals surface area (Å²) in [6, 6.07) is 6.34. The van der Waals surface area contributed by atoms with Crippen LogP contribution in [0.3, 0.4) is 0 Å². The number of hydrogen-bond donors (Lipinski definition) is 1. The summed E-state index contributed by atoms with van der Waals surface area (Å²) in [7, 11) is 0. The fourth-order valence-electron chi connectivity index (χ4n) is 2.89. The van der Waals surface area contributed by atoms with Gasteiger partial charge in [-0.3, -0.25) is 0 Å². The first-order valence-corrected chi connectivity index (χ1v) is 7.45. The number of benzene rings is 1. The molecular formula is C15H23BrN2O. The van der Waals surface area contributed by atoms with Crippen LogP contribution in [0.15, 0.2) is 22.7 Å². The number of halogens is 1. The zero-order valence-electron chi connectivity index (χ0n) is 12.2. The Morgan fingerprint density at radius 3 is 2.26 bits per heavy atom. The van der Waals surface area contributed by atoms with E-state index in [4.69, 9.17) is 10.5 Å². The van der Waals surface area contributed by atoms with Gasteiger partial charge in [-0.15, -0.1) is 0 Å². The van der Waals surface area contributed by atoms with E-state index in [1.165, 1.54) is 5.69 Å². The van der Waals surface area contributed by atoms with Gasteiger partial charge in [-0.05, 0) is 61.3 Å². The van der Waals surface area contributed by atoms with E-state index >= 15 is 0 Å². The molecule has 106 valence electrons. The average Bonchev–Trinajstić information content (AvgIpc) is 2.24. The van der Waals surface area contributed by atoms with Crippen molar-refractivity contribution in [3.05, 3.63) is 28.2 Å². The van der Waals surface area contributed by atoms with Crippen molar-refractivity contribution >= 4 is 21.6 Å². The lowest BCUT2D eigenvalue weighted by molar-refractivity contribution is -0.133. The molecule has 0 aromatic heterocycles. The Labute approximate surface area is 124 Å². The van der Waals surface area contributed by atoms with Gasteiger partial charge in [0.05, 0.1) is 16.9 Å². The maximum atomic E-state index is 6.12. The number of anilines is 1. The summed E-state index contributed by atoms with van der Waals surface area (Å²) < 4.78 is 7.22. The number of nitrogens with zero attached hydrogens (tertiary/aromatic N) is 1. The van der Waals surface area contributed by atoms with Gasteiger partial charge in [-0.25, -0.2) is 0 Å². The van der Waals surface area contributed by atoms with Gasteiger partial charge in [-0.1, -0.05) is 6.07 Å². The molecule has 0 amide bonds. The van der Waals surface area contributed by atoms with Gasteiger partial charge < -0.3 is 15.4 Å². The van der Waals surface area contributed by atoms with Crippen molar-refractivity contribution in [3.8, 4) is 0 Å². The van der Waals surface area contributed by atoms with E-state index in [1.54, 1.807) is 0 Å². The van der Waals surface area contributed by atoms with Crippen molar-refractivity contribution in [2.24, 2.45) is 5.73 Å². The third-order valence-corrected chi connectivity index (χ3v) is 3.92.